The molecule has 1 aliphatic carbocycles. The fourth-order valence-corrected chi connectivity index (χ4v) is 4.70. The topological polar surface area (TPSA) is 150 Å². The van der Waals surface area contributed by atoms with E-state index in [9.17, 15) is 10.4 Å². The highest BCUT2D eigenvalue weighted by molar-refractivity contribution is 5.83. The lowest BCUT2D eigenvalue weighted by molar-refractivity contribution is 0.00238. The van der Waals surface area contributed by atoms with Crippen molar-refractivity contribution >= 4 is 11.3 Å². The highest BCUT2D eigenvalue weighted by atomic mass is 16.3. The molecule has 0 unspecified atom stereocenters. The molecule has 0 bridgehead atoms. The van der Waals surface area contributed by atoms with Crippen LogP contribution in [0.2, 0.25) is 0 Å². The molecule has 5 heterocycles. The molecule has 0 spiro atoms. The van der Waals surface area contributed by atoms with Crippen LogP contribution in [0, 0.1) is 17.2 Å². The van der Waals surface area contributed by atoms with Gasteiger partial charge in [0.25, 0.3) is 0 Å². The van der Waals surface area contributed by atoms with Crippen molar-refractivity contribution in [1.82, 2.24) is 39.5 Å². The van der Waals surface area contributed by atoms with Gasteiger partial charge >= 0.3 is 0 Å². The molecular weight excluding hydrogens is 420 g/mol. The van der Waals surface area contributed by atoms with E-state index in [-0.39, 0.29) is 12.1 Å². The third-order valence-corrected chi connectivity index (χ3v) is 6.59. The van der Waals surface area contributed by atoms with Gasteiger partial charge in [0.1, 0.15) is 22.6 Å². The summed E-state index contributed by atoms with van der Waals surface area (Å²) in [6.45, 7) is 2.55. The van der Waals surface area contributed by atoms with Crippen molar-refractivity contribution in [3.8, 4) is 28.7 Å². The van der Waals surface area contributed by atoms with Crippen LogP contribution in [-0.2, 0) is 12.1 Å². The van der Waals surface area contributed by atoms with Gasteiger partial charge in [0.2, 0.25) is 0 Å². The molecule has 6 rings (SSSR count). The summed E-state index contributed by atoms with van der Waals surface area (Å²) in [4.78, 5) is 7.24. The molecule has 0 atom stereocenters. The molecule has 0 radical (unpaired) electrons. The number of aliphatic hydroxyl groups excluding tert-OH is 1. The fraction of sp³-hybridized carbons (Fsp3) is 0.409. The number of hydrogen-bond acceptors (Lipinski definition) is 8. The van der Waals surface area contributed by atoms with Gasteiger partial charge in [-0.3, -0.25) is 14.7 Å². The predicted octanol–water partition coefficient (Wildman–Crippen LogP) is 1.39. The maximum absolute atomic E-state index is 9.51. The minimum absolute atomic E-state index is 0.137. The first-order valence-corrected chi connectivity index (χ1v) is 11.0. The Hall–Kier alpha value is -3.75. The third-order valence-electron chi connectivity index (χ3n) is 6.59. The second-order valence-corrected chi connectivity index (χ2v) is 9.12. The van der Waals surface area contributed by atoms with Crippen LogP contribution in [0.4, 0.5) is 5.82 Å². The number of likely N-dealkylation sites (tertiary alicyclic amines) is 1. The van der Waals surface area contributed by atoms with Crippen LogP contribution in [-0.4, -0.2) is 64.2 Å². The molecule has 1 aliphatic heterocycles. The molecule has 1 saturated heterocycles. The zero-order valence-electron chi connectivity index (χ0n) is 18.0. The van der Waals surface area contributed by atoms with E-state index in [0.29, 0.717) is 40.6 Å². The SMILES string of the molecule is N#CCC1(n2cc(-c3nc(-c4cc(CO)[nH]n4)cn4nccc34)c(N)n2)CN(CC2CC2)C1. The standard InChI is InChI=1S/C22H24N10O/c23-5-4-22(12-30(13-22)8-14-1-2-14)32-9-16(21(24)29-32)20-19-3-6-25-31(19)10-18(26-20)17-7-15(11-33)27-28-17/h3,6-7,9-10,14,33H,1-2,4,8,11-13H2,(H2,24,29)(H,27,28). The normalized spacial score (nSPS) is 17.8. The van der Waals surface area contributed by atoms with Crippen LogP contribution in [0.3, 0.4) is 0 Å². The number of nitrogens with zero attached hydrogens (tertiary/aromatic N) is 8. The Kier molecular flexibility index (Phi) is 4.46. The molecule has 33 heavy (non-hydrogen) atoms. The molecule has 0 amide bonds. The number of rotatable bonds is 7. The molecule has 0 aromatic carbocycles. The van der Waals surface area contributed by atoms with Crippen molar-refractivity contribution in [2.24, 2.45) is 5.92 Å². The number of aromatic nitrogens is 7. The van der Waals surface area contributed by atoms with Crippen LogP contribution in [0.25, 0.3) is 28.2 Å². The highest BCUT2D eigenvalue weighted by Crippen LogP contribution is 2.39. The summed E-state index contributed by atoms with van der Waals surface area (Å²) in [7, 11) is 0. The van der Waals surface area contributed by atoms with Gasteiger partial charge in [-0.2, -0.15) is 20.6 Å². The zero-order valence-corrected chi connectivity index (χ0v) is 18.0. The van der Waals surface area contributed by atoms with Gasteiger partial charge in [0, 0.05) is 25.8 Å². The number of H-pyrrole nitrogens is 1. The number of nitrogens with one attached hydrogen (secondary N) is 1. The van der Waals surface area contributed by atoms with Crippen LogP contribution in [0.1, 0.15) is 25.0 Å². The summed E-state index contributed by atoms with van der Waals surface area (Å²) in [6, 6.07) is 5.96. The first kappa shape index (κ1) is 19.9. The van der Waals surface area contributed by atoms with E-state index in [1.807, 2.05) is 16.9 Å². The number of aromatic amines is 1. The van der Waals surface area contributed by atoms with Crippen molar-refractivity contribution in [2.75, 3.05) is 25.4 Å². The number of fused-ring (bicyclic) bond motifs is 1. The van der Waals surface area contributed by atoms with Gasteiger partial charge in [-0.05, 0) is 30.9 Å². The number of anilines is 1. The Morgan fingerprint density at radius 1 is 1.27 bits per heavy atom. The summed E-state index contributed by atoms with van der Waals surface area (Å²) >= 11 is 0. The van der Waals surface area contributed by atoms with Gasteiger partial charge in [-0.25, -0.2) is 9.50 Å². The van der Waals surface area contributed by atoms with Gasteiger partial charge in [0.15, 0.2) is 5.82 Å². The second kappa shape index (κ2) is 7.40. The smallest absolute Gasteiger partial charge is 0.155 e. The summed E-state index contributed by atoms with van der Waals surface area (Å²) in [5.41, 5.74) is 9.93. The van der Waals surface area contributed by atoms with E-state index >= 15 is 0 Å². The molecule has 4 N–H and O–H groups in total. The highest BCUT2D eigenvalue weighted by Gasteiger charge is 2.47. The Morgan fingerprint density at radius 3 is 2.85 bits per heavy atom. The van der Waals surface area contributed by atoms with Crippen LogP contribution >= 0.6 is 0 Å². The third kappa shape index (κ3) is 3.35. The van der Waals surface area contributed by atoms with Crippen molar-refractivity contribution < 1.29 is 5.11 Å². The first-order valence-electron chi connectivity index (χ1n) is 11.0. The van der Waals surface area contributed by atoms with E-state index in [0.717, 1.165) is 31.1 Å². The quantitative estimate of drug-likeness (QED) is 0.387. The lowest BCUT2D eigenvalue weighted by Crippen LogP contribution is -2.63. The van der Waals surface area contributed by atoms with Crippen LogP contribution in [0.15, 0.2) is 30.7 Å². The molecule has 2 aliphatic rings. The molecular formula is C22H24N10O. The summed E-state index contributed by atoms with van der Waals surface area (Å²) in [6.07, 6.45) is 8.38. The van der Waals surface area contributed by atoms with E-state index in [1.54, 1.807) is 23.0 Å². The minimum Gasteiger partial charge on any atom is -0.390 e. The number of aliphatic hydroxyl groups is 1. The van der Waals surface area contributed by atoms with Crippen molar-refractivity contribution in [2.45, 2.75) is 31.4 Å². The average Bonchev–Trinajstić information content (AvgIpc) is 3.18. The fourth-order valence-electron chi connectivity index (χ4n) is 4.70. The van der Waals surface area contributed by atoms with Crippen molar-refractivity contribution in [3.05, 3.63) is 36.4 Å². The maximum atomic E-state index is 9.51. The molecule has 11 nitrogen and oxygen atoms in total. The Bertz CT molecular complexity index is 1370. The Labute approximate surface area is 189 Å². The monoisotopic (exact) mass is 444 g/mol. The van der Waals surface area contributed by atoms with Crippen LogP contribution in [0.5, 0.6) is 0 Å². The lowest BCUT2D eigenvalue weighted by Gasteiger charge is -2.49. The first-order chi connectivity index (χ1) is 16.1. The van der Waals surface area contributed by atoms with Crippen molar-refractivity contribution in [1.29, 1.82) is 5.26 Å². The summed E-state index contributed by atoms with van der Waals surface area (Å²) in [5.74, 6) is 1.16. The Morgan fingerprint density at radius 2 is 2.12 bits per heavy atom. The molecule has 2 fully saturated rings. The molecule has 168 valence electrons. The van der Waals surface area contributed by atoms with Gasteiger partial charge in [-0.1, -0.05) is 0 Å². The van der Waals surface area contributed by atoms with Gasteiger partial charge in [-0.15, -0.1) is 0 Å². The minimum atomic E-state index is -0.373. The molecule has 1 saturated carbocycles. The zero-order chi connectivity index (χ0) is 22.6. The van der Waals surface area contributed by atoms with E-state index < -0.39 is 0 Å². The molecule has 4 aromatic heterocycles. The molecule has 4 aromatic rings. The lowest BCUT2D eigenvalue weighted by atomic mass is 9.86. The summed E-state index contributed by atoms with van der Waals surface area (Å²) in [5, 5.41) is 34.9. The van der Waals surface area contributed by atoms with Crippen molar-refractivity contribution in [3.63, 3.8) is 0 Å². The van der Waals surface area contributed by atoms with Crippen LogP contribution < -0.4 is 5.73 Å². The van der Waals surface area contributed by atoms with E-state index in [1.165, 1.54) is 12.8 Å². The number of nitrogen functional groups attached to an aromatic ring is 1. The average molecular weight is 445 g/mol. The predicted molar refractivity (Wildman–Crippen MR) is 119 cm³/mol. The number of hydrogen-bond donors (Lipinski definition) is 3. The van der Waals surface area contributed by atoms with E-state index in [4.69, 9.17) is 10.7 Å². The Balaban J connectivity index is 1.39. The summed E-state index contributed by atoms with van der Waals surface area (Å²) < 4.78 is 3.59. The van der Waals surface area contributed by atoms with E-state index in [2.05, 4.69) is 31.4 Å². The second-order valence-electron chi connectivity index (χ2n) is 9.12. The largest absolute Gasteiger partial charge is 0.390 e. The van der Waals surface area contributed by atoms with Gasteiger partial charge in [0.05, 0.1) is 48.3 Å². The maximum Gasteiger partial charge on any atom is 0.155 e. The number of nitrogens with two attached hydrogens (primary N) is 1. The number of nitriles is 1. The van der Waals surface area contributed by atoms with Gasteiger partial charge < -0.3 is 10.8 Å². The molecule has 11 heteroatoms.